The average molecular weight is 234 g/mol. The third kappa shape index (κ3) is 2.99. The molecule has 1 heterocycles. The molecule has 0 aliphatic carbocycles. The minimum atomic E-state index is -2.66. The first-order chi connectivity index (χ1) is 6.60. The van der Waals surface area contributed by atoms with E-state index in [2.05, 4.69) is 18.7 Å². The van der Waals surface area contributed by atoms with Crippen LogP contribution in [0.4, 0.5) is 0 Å². The summed E-state index contributed by atoms with van der Waals surface area (Å²) in [5.74, 6) is 0.286. The van der Waals surface area contributed by atoms with Crippen molar-refractivity contribution in [2.45, 2.75) is 12.8 Å². The fraction of sp³-hybridized carbons (Fsp3) is 0.875. The minimum Gasteiger partial charge on any atom is -0.307 e. The standard InChI is InChI=1S/C8H15N2O2PS/c1-13(11,12-7-14)10-4-2-8(6-9)3-5-10/h8,14H,2-5,7H2,1H3. The van der Waals surface area contributed by atoms with E-state index in [1.54, 1.807) is 6.66 Å². The molecular formula is C8H15N2O2PS. The van der Waals surface area contributed by atoms with Crippen LogP contribution in [-0.4, -0.2) is 30.4 Å². The Morgan fingerprint density at radius 1 is 1.64 bits per heavy atom. The van der Waals surface area contributed by atoms with Gasteiger partial charge in [-0.05, 0) is 12.8 Å². The van der Waals surface area contributed by atoms with Crippen molar-refractivity contribution in [3.63, 3.8) is 0 Å². The molecule has 1 aliphatic heterocycles. The highest BCUT2D eigenvalue weighted by Gasteiger charge is 2.30. The normalized spacial score (nSPS) is 24.1. The first kappa shape index (κ1) is 12.1. The molecule has 0 amide bonds. The molecule has 1 fully saturated rings. The van der Waals surface area contributed by atoms with E-state index in [9.17, 15) is 4.57 Å². The van der Waals surface area contributed by atoms with Crippen LogP contribution in [0.2, 0.25) is 0 Å². The fourth-order valence-electron chi connectivity index (χ4n) is 1.55. The first-order valence-corrected chi connectivity index (χ1v) is 7.24. The largest absolute Gasteiger partial charge is 0.307 e. The summed E-state index contributed by atoms with van der Waals surface area (Å²) >= 11 is 3.90. The first-order valence-electron chi connectivity index (χ1n) is 4.58. The molecule has 14 heavy (non-hydrogen) atoms. The highest BCUT2D eigenvalue weighted by atomic mass is 32.1. The molecule has 1 saturated heterocycles. The summed E-state index contributed by atoms with van der Waals surface area (Å²) in [5.41, 5.74) is 0. The molecule has 0 aromatic heterocycles. The van der Waals surface area contributed by atoms with Crippen LogP contribution < -0.4 is 0 Å². The van der Waals surface area contributed by atoms with E-state index in [0.717, 1.165) is 12.8 Å². The topological polar surface area (TPSA) is 53.3 Å². The fourth-order valence-corrected chi connectivity index (χ4v) is 3.52. The number of rotatable bonds is 3. The maximum atomic E-state index is 11.9. The maximum absolute atomic E-state index is 11.9. The van der Waals surface area contributed by atoms with Crippen LogP contribution in [0, 0.1) is 17.2 Å². The Kier molecular flexibility index (Phi) is 4.46. The van der Waals surface area contributed by atoms with Gasteiger partial charge in [-0.25, -0.2) is 4.67 Å². The van der Waals surface area contributed by atoms with Gasteiger partial charge in [0, 0.05) is 25.7 Å². The molecular weight excluding hydrogens is 219 g/mol. The Morgan fingerprint density at radius 3 is 2.64 bits per heavy atom. The monoisotopic (exact) mass is 234 g/mol. The van der Waals surface area contributed by atoms with Crippen LogP contribution in [-0.2, 0) is 9.09 Å². The zero-order valence-electron chi connectivity index (χ0n) is 8.22. The van der Waals surface area contributed by atoms with Gasteiger partial charge in [0.25, 0.3) is 7.52 Å². The van der Waals surface area contributed by atoms with Gasteiger partial charge in [0.1, 0.15) is 0 Å². The van der Waals surface area contributed by atoms with Gasteiger partial charge in [-0.1, -0.05) is 0 Å². The van der Waals surface area contributed by atoms with Crippen molar-refractivity contribution < 1.29 is 9.09 Å². The molecule has 0 aromatic carbocycles. The highest BCUT2D eigenvalue weighted by molar-refractivity contribution is 7.80. The molecule has 0 spiro atoms. The van der Waals surface area contributed by atoms with Gasteiger partial charge in [-0.3, -0.25) is 4.57 Å². The predicted octanol–water partition coefficient (Wildman–Crippen LogP) is 1.95. The van der Waals surface area contributed by atoms with Crippen LogP contribution in [0.3, 0.4) is 0 Å². The van der Waals surface area contributed by atoms with Crippen molar-refractivity contribution in [2.75, 3.05) is 25.7 Å². The van der Waals surface area contributed by atoms with E-state index >= 15 is 0 Å². The molecule has 0 bridgehead atoms. The van der Waals surface area contributed by atoms with E-state index < -0.39 is 7.52 Å². The number of piperidine rings is 1. The van der Waals surface area contributed by atoms with Crippen LogP contribution in [0.1, 0.15) is 12.8 Å². The molecule has 1 rings (SSSR count). The maximum Gasteiger partial charge on any atom is 0.270 e. The molecule has 1 aliphatic rings. The van der Waals surface area contributed by atoms with Gasteiger partial charge >= 0.3 is 0 Å². The Morgan fingerprint density at radius 2 is 2.21 bits per heavy atom. The zero-order valence-corrected chi connectivity index (χ0v) is 10.0. The highest BCUT2D eigenvalue weighted by Crippen LogP contribution is 2.48. The molecule has 1 unspecified atom stereocenters. The second-order valence-electron chi connectivity index (χ2n) is 3.42. The minimum absolute atomic E-state index is 0.113. The van der Waals surface area contributed by atoms with E-state index in [-0.39, 0.29) is 11.9 Å². The van der Waals surface area contributed by atoms with Crippen molar-refractivity contribution in [2.24, 2.45) is 5.92 Å². The quantitative estimate of drug-likeness (QED) is 0.460. The Labute approximate surface area is 90.1 Å². The summed E-state index contributed by atoms with van der Waals surface area (Å²) in [6.07, 6.45) is 1.56. The van der Waals surface area contributed by atoms with E-state index in [1.165, 1.54) is 0 Å². The van der Waals surface area contributed by atoms with Gasteiger partial charge in [0.15, 0.2) is 0 Å². The molecule has 0 aromatic rings. The molecule has 1 atom stereocenters. The van der Waals surface area contributed by atoms with Gasteiger partial charge < -0.3 is 4.52 Å². The molecule has 80 valence electrons. The third-order valence-corrected chi connectivity index (χ3v) is 4.83. The number of hydrogen-bond acceptors (Lipinski definition) is 4. The summed E-state index contributed by atoms with van der Waals surface area (Å²) in [4.78, 5) is 0. The predicted molar refractivity (Wildman–Crippen MR) is 58.4 cm³/mol. The molecule has 0 N–H and O–H groups in total. The Bertz CT molecular complexity index is 271. The number of nitriles is 1. The second kappa shape index (κ2) is 5.18. The second-order valence-corrected chi connectivity index (χ2v) is 6.11. The van der Waals surface area contributed by atoms with Gasteiger partial charge in [0.05, 0.1) is 12.0 Å². The lowest BCUT2D eigenvalue weighted by Crippen LogP contribution is -2.31. The molecule has 0 saturated carbocycles. The van der Waals surface area contributed by atoms with Crippen molar-refractivity contribution in [1.29, 1.82) is 5.26 Å². The Balaban J connectivity index is 2.49. The van der Waals surface area contributed by atoms with Crippen molar-refractivity contribution in [3.8, 4) is 6.07 Å². The van der Waals surface area contributed by atoms with E-state index in [0.29, 0.717) is 13.1 Å². The third-order valence-electron chi connectivity index (χ3n) is 2.46. The van der Waals surface area contributed by atoms with Crippen molar-refractivity contribution in [3.05, 3.63) is 0 Å². The zero-order chi connectivity index (χ0) is 10.6. The van der Waals surface area contributed by atoms with Crippen LogP contribution >= 0.6 is 20.1 Å². The van der Waals surface area contributed by atoms with Crippen LogP contribution in [0.15, 0.2) is 0 Å². The van der Waals surface area contributed by atoms with Gasteiger partial charge in [0.2, 0.25) is 0 Å². The number of thiol groups is 1. The van der Waals surface area contributed by atoms with Gasteiger partial charge in [-0.2, -0.15) is 17.9 Å². The average Bonchev–Trinajstić information content (AvgIpc) is 2.18. The summed E-state index contributed by atoms with van der Waals surface area (Å²) in [6, 6.07) is 2.24. The lowest BCUT2D eigenvalue weighted by atomic mass is 10.0. The lowest BCUT2D eigenvalue weighted by Gasteiger charge is -2.32. The summed E-state index contributed by atoms with van der Waals surface area (Å²) in [7, 11) is -2.66. The number of hydrogen-bond donors (Lipinski definition) is 1. The van der Waals surface area contributed by atoms with E-state index in [4.69, 9.17) is 9.79 Å². The SMILES string of the molecule is CP(=O)(OCS)N1CCC(C#N)CC1. The molecule has 4 nitrogen and oxygen atoms in total. The van der Waals surface area contributed by atoms with Crippen LogP contribution in [0.25, 0.3) is 0 Å². The number of nitrogens with zero attached hydrogens (tertiary/aromatic N) is 2. The van der Waals surface area contributed by atoms with Crippen molar-refractivity contribution in [1.82, 2.24) is 4.67 Å². The lowest BCUT2D eigenvalue weighted by molar-refractivity contribution is 0.256. The summed E-state index contributed by atoms with van der Waals surface area (Å²) in [5, 5.41) is 8.70. The Hall–Kier alpha value is -0.0100. The summed E-state index contributed by atoms with van der Waals surface area (Å²) < 4.78 is 18.9. The molecule has 6 heteroatoms. The van der Waals surface area contributed by atoms with Crippen molar-refractivity contribution >= 4 is 20.1 Å². The summed E-state index contributed by atoms with van der Waals surface area (Å²) in [6.45, 7) is 2.97. The van der Waals surface area contributed by atoms with Crippen LogP contribution in [0.5, 0.6) is 0 Å². The van der Waals surface area contributed by atoms with E-state index in [1.807, 2.05) is 4.67 Å². The molecule has 0 radical (unpaired) electrons. The van der Waals surface area contributed by atoms with Gasteiger partial charge in [-0.15, -0.1) is 0 Å². The smallest absolute Gasteiger partial charge is 0.270 e.